The molecule has 0 saturated carbocycles. The first-order chi connectivity index (χ1) is 12.0. The lowest BCUT2D eigenvalue weighted by molar-refractivity contribution is -0.130. The average Bonchev–Trinajstić information content (AvgIpc) is 2.59. The third kappa shape index (κ3) is 4.80. The van der Waals surface area contributed by atoms with Crippen LogP contribution in [0, 0.1) is 12.3 Å². The summed E-state index contributed by atoms with van der Waals surface area (Å²) in [5.74, 6) is -0.0285. The van der Waals surface area contributed by atoms with Gasteiger partial charge in [-0.25, -0.2) is 0 Å². The Morgan fingerprint density at radius 3 is 2.44 bits per heavy atom. The summed E-state index contributed by atoms with van der Waals surface area (Å²) in [7, 11) is 1.63. The fraction of sp³-hybridized carbons (Fsp3) is 0.579. The Labute approximate surface area is 149 Å². The molecule has 25 heavy (non-hydrogen) atoms. The molecule has 0 unspecified atom stereocenters. The second-order valence-electron chi connectivity index (χ2n) is 6.69. The predicted octanol–water partition coefficient (Wildman–Crippen LogP) is 2.69. The van der Waals surface area contributed by atoms with Crippen molar-refractivity contribution in [3.8, 4) is 0 Å². The Kier molecular flexibility index (Phi) is 6.96. The van der Waals surface area contributed by atoms with Crippen LogP contribution in [-0.2, 0) is 14.3 Å². The molecule has 0 spiro atoms. The van der Waals surface area contributed by atoms with Crippen molar-refractivity contribution in [2.24, 2.45) is 5.41 Å². The highest BCUT2D eigenvalue weighted by atomic mass is 16.5. The number of nitrogens with one attached hydrogen (secondary N) is 3. The molecule has 3 N–H and O–H groups in total. The first kappa shape index (κ1) is 19.4. The van der Waals surface area contributed by atoms with Crippen LogP contribution in [0.15, 0.2) is 18.2 Å². The van der Waals surface area contributed by atoms with Gasteiger partial charge in [0.1, 0.15) is 0 Å². The molecule has 138 valence electrons. The van der Waals surface area contributed by atoms with Gasteiger partial charge in [0.25, 0.3) is 0 Å². The monoisotopic (exact) mass is 347 g/mol. The maximum Gasteiger partial charge on any atom is 0.233 e. The zero-order chi connectivity index (χ0) is 18.3. The fourth-order valence-electron chi connectivity index (χ4n) is 3.22. The summed E-state index contributed by atoms with van der Waals surface area (Å²) in [6.45, 7) is 5.90. The van der Waals surface area contributed by atoms with Crippen molar-refractivity contribution in [1.29, 1.82) is 0 Å². The molecule has 0 bridgehead atoms. The summed E-state index contributed by atoms with van der Waals surface area (Å²) in [6.07, 6.45) is 2.78. The number of hydrogen-bond acceptors (Lipinski definition) is 4. The highest BCUT2D eigenvalue weighted by Gasteiger charge is 2.39. The molecule has 0 aromatic heterocycles. The standard InChI is InChI=1S/C19H29N3O3/c1-4-6-17(23)21-15-7-5-8-16(14(15)2)22-18(24)19(13-25-3)9-11-20-12-10-19/h5,7-8,20H,4,6,9-13H2,1-3H3,(H,21,23)(H,22,24). The number of ether oxygens (including phenoxy) is 1. The van der Waals surface area contributed by atoms with E-state index >= 15 is 0 Å². The number of anilines is 2. The van der Waals surface area contributed by atoms with E-state index in [1.807, 2.05) is 32.0 Å². The molecular weight excluding hydrogens is 318 g/mol. The molecule has 2 rings (SSSR count). The normalized spacial score (nSPS) is 16.3. The van der Waals surface area contributed by atoms with Gasteiger partial charge in [-0.3, -0.25) is 9.59 Å². The largest absolute Gasteiger partial charge is 0.384 e. The van der Waals surface area contributed by atoms with E-state index in [0.29, 0.717) is 13.0 Å². The quantitative estimate of drug-likeness (QED) is 0.708. The topological polar surface area (TPSA) is 79.5 Å². The van der Waals surface area contributed by atoms with Crippen LogP contribution in [0.3, 0.4) is 0 Å². The second kappa shape index (κ2) is 8.97. The number of amides is 2. The minimum atomic E-state index is -0.506. The molecule has 1 heterocycles. The molecule has 0 radical (unpaired) electrons. The van der Waals surface area contributed by atoms with Crippen LogP contribution in [0.1, 0.15) is 38.2 Å². The smallest absolute Gasteiger partial charge is 0.233 e. The van der Waals surface area contributed by atoms with Crippen LogP contribution >= 0.6 is 0 Å². The van der Waals surface area contributed by atoms with Crippen molar-refractivity contribution in [3.63, 3.8) is 0 Å². The molecule has 1 saturated heterocycles. The number of rotatable bonds is 7. The van der Waals surface area contributed by atoms with Gasteiger partial charge >= 0.3 is 0 Å². The van der Waals surface area contributed by atoms with E-state index in [9.17, 15) is 9.59 Å². The van der Waals surface area contributed by atoms with Gasteiger partial charge in [0.05, 0.1) is 12.0 Å². The third-order valence-electron chi connectivity index (χ3n) is 4.80. The number of carbonyl (C=O) groups is 2. The van der Waals surface area contributed by atoms with Gasteiger partial charge in [-0.15, -0.1) is 0 Å². The Morgan fingerprint density at radius 2 is 1.84 bits per heavy atom. The summed E-state index contributed by atoms with van der Waals surface area (Å²) in [5, 5.41) is 9.25. The van der Waals surface area contributed by atoms with E-state index in [1.54, 1.807) is 7.11 Å². The lowest BCUT2D eigenvalue weighted by Crippen LogP contribution is -2.47. The molecule has 2 amide bonds. The first-order valence-corrected chi connectivity index (χ1v) is 8.93. The molecule has 6 heteroatoms. The molecular formula is C19H29N3O3. The van der Waals surface area contributed by atoms with Crippen molar-refractivity contribution in [2.75, 3.05) is 37.4 Å². The summed E-state index contributed by atoms with van der Waals surface area (Å²) in [5.41, 5.74) is 1.82. The zero-order valence-electron chi connectivity index (χ0n) is 15.4. The van der Waals surface area contributed by atoms with Gasteiger partial charge in [-0.2, -0.15) is 0 Å². The van der Waals surface area contributed by atoms with E-state index in [2.05, 4.69) is 16.0 Å². The third-order valence-corrected chi connectivity index (χ3v) is 4.80. The highest BCUT2D eigenvalue weighted by Crippen LogP contribution is 2.32. The fourth-order valence-corrected chi connectivity index (χ4v) is 3.22. The molecule has 0 atom stereocenters. The molecule has 1 aromatic carbocycles. The van der Waals surface area contributed by atoms with E-state index in [4.69, 9.17) is 4.74 Å². The summed E-state index contributed by atoms with van der Waals surface area (Å²) in [4.78, 5) is 24.8. The van der Waals surface area contributed by atoms with Crippen molar-refractivity contribution in [2.45, 2.75) is 39.5 Å². The summed E-state index contributed by atoms with van der Waals surface area (Å²) >= 11 is 0. The van der Waals surface area contributed by atoms with Crippen LogP contribution in [0.5, 0.6) is 0 Å². The van der Waals surface area contributed by atoms with Crippen molar-refractivity contribution in [1.82, 2.24) is 5.32 Å². The summed E-state index contributed by atoms with van der Waals surface area (Å²) < 4.78 is 5.33. The van der Waals surface area contributed by atoms with Gasteiger partial charge in [-0.1, -0.05) is 13.0 Å². The minimum Gasteiger partial charge on any atom is -0.384 e. The van der Waals surface area contributed by atoms with Crippen LogP contribution in [0.25, 0.3) is 0 Å². The Morgan fingerprint density at radius 1 is 1.20 bits per heavy atom. The number of methoxy groups -OCH3 is 1. The maximum absolute atomic E-state index is 13.0. The minimum absolute atomic E-state index is 0.0108. The van der Waals surface area contributed by atoms with Crippen LogP contribution in [0.4, 0.5) is 11.4 Å². The maximum atomic E-state index is 13.0. The van der Waals surface area contributed by atoms with Crippen LogP contribution in [-0.4, -0.2) is 38.6 Å². The Balaban J connectivity index is 2.15. The molecule has 1 fully saturated rings. The molecule has 6 nitrogen and oxygen atoms in total. The van der Waals surface area contributed by atoms with E-state index in [-0.39, 0.29) is 11.8 Å². The summed E-state index contributed by atoms with van der Waals surface area (Å²) in [6, 6.07) is 5.56. The average molecular weight is 347 g/mol. The van der Waals surface area contributed by atoms with Gasteiger partial charge in [0.2, 0.25) is 11.8 Å². The molecule has 1 aliphatic heterocycles. The van der Waals surface area contributed by atoms with Gasteiger partial charge < -0.3 is 20.7 Å². The van der Waals surface area contributed by atoms with Crippen molar-refractivity contribution < 1.29 is 14.3 Å². The lowest BCUT2D eigenvalue weighted by Gasteiger charge is -2.35. The van der Waals surface area contributed by atoms with Crippen molar-refractivity contribution >= 4 is 23.2 Å². The van der Waals surface area contributed by atoms with Gasteiger partial charge in [0, 0.05) is 24.9 Å². The molecule has 1 aliphatic rings. The van der Waals surface area contributed by atoms with Crippen LogP contribution < -0.4 is 16.0 Å². The molecule has 0 aliphatic carbocycles. The lowest BCUT2D eigenvalue weighted by atomic mass is 9.78. The highest BCUT2D eigenvalue weighted by molar-refractivity contribution is 5.98. The molecule has 1 aromatic rings. The van der Waals surface area contributed by atoms with E-state index in [0.717, 1.165) is 49.3 Å². The number of piperidine rings is 1. The van der Waals surface area contributed by atoms with Gasteiger partial charge in [0.15, 0.2) is 0 Å². The Bertz CT molecular complexity index is 604. The number of carbonyl (C=O) groups excluding carboxylic acids is 2. The number of benzene rings is 1. The number of hydrogen-bond donors (Lipinski definition) is 3. The van der Waals surface area contributed by atoms with Crippen LogP contribution in [0.2, 0.25) is 0 Å². The second-order valence-corrected chi connectivity index (χ2v) is 6.69. The first-order valence-electron chi connectivity index (χ1n) is 8.93. The van der Waals surface area contributed by atoms with E-state index < -0.39 is 5.41 Å². The SMILES string of the molecule is CCCC(=O)Nc1cccc(NC(=O)C2(COC)CCNCC2)c1C. The zero-order valence-corrected chi connectivity index (χ0v) is 15.4. The Hall–Kier alpha value is -1.92. The van der Waals surface area contributed by atoms with Crippen molar-refractivity contribution in [3.05, 3.63) is 23.8 Å². The predicted molar refractivity (Wildman–Crippen MR) is 99.8 cm³/mol. The van der Waals surface area contributed by atoms with E-state index in [1.165, 1.54) is 0 Å². The van der Waals surface area contributed by atoms with Gasteiger partial charge in [-0.05, 0) is 57.0 Å².